The highest BCUT2D eigenvalue weighted by Crippen LogP contribution is 2.42. The third-order valence-electron chi connectivity index (χ3n) is 4.50. The summed E-state index contributed by atoms with van der Waals surface area (Å²) < 4.78 is 0.965. The Kier molecular flexibility index (Phi) is 6.04. The number of hydrogen-bond donors (Lipinski definition) is 2. The fraction of sp³-hybridized carbons (Fsp3) is 0.150. The van der Waals surface area contributed by atoms with Gasteiger partial charge in [0, 0.05) is 6.20 Å². The number of thioether (sulfide) groups is 1. The van der Waals surface area contributed by atoms with Crippen molar-refractivity contribution in [3.63, 3.8) is 0 Å². The number of aryl methyl sites for hydroxylation is 1. The molecule has 0 saturated heterocycles. The molecule has 154 valence electrons. The molecule has 4 rings (SSSR count). The average molecular weight is 479 g/mol. The fourth-order valence-corrected chi connectivity index (χ4v) is 5.05. The van der Waals surface area contributed by atoms with E-state index in [2.05, 4.69) is 9.97 Å². The topological polar surface area (TPSA) is 84.1 Å². The Bertz CT molecular complexity index is 1220. The lowest BCUT2D eigenvalue weighted by molar-refractivity contribution is 0.195. The molecule has 0 bridgehead atoms. The average Bonchev–Trinajstić information content (AvgIpc) is 3.30. The second kappa shape index (κ2) is 8.56. The molecule has 30 heavy (non-hydrogen) atoms. The van der Waals surface area contributed by atoms with Crippen LogP contribution in [0.25, 0.3) is 33.3 Å². The highest BCUT2D eigenvalue weighted by Gasteiger charge is 2.26. The summed E-state index contributed by atoms with van der Waals surface area (Å²) >= 11 is 15.8. The summed E-state index contributed by atoms with van der Waals surface area (Å²) in [6, 6.07) is 6.91. The van der Waals surface area contributed by atoms with Crippen LogP contribution < -0.4 is 0 Å². The Morgan fingerprint density at radius 3 is 2.50 bits per heavy atom. The van der Waals surface area contributed by atoms with Crippen molar-refractivity contribution in [3.05, 3.63) is 57.0 Å². The molecular weight excluding hydrogens is 463 g/mol. The summed E-state index contributed by atoms with van der Waals surface area (Å²) in [7, 11) is 0. The van der Waals surface area contributed by atoms with Gasteiger partial charge in [-0.25, -0.2) is 15.0 Å². The molecule has 0 aliphatic carbocycles. The SMILES string of the molecule is CSc1nccc(-c2c(-c3sccc3C)nc(-c3c(Cl)cc(CO)cc3Cl)n2O)n1. The third-order valence-corrected chi connectivity index (χ3v) is 6.68. The Hall–Kier alpha value is -2.10. The van der Waals surface area contributed by atoms with Gasteiger partial charge in [0.05, 0.1) is 32.8 Å². The summed E-state index contributed by atoms with van der Waals surface area (Å²) in [5.41, 5.74) is 3.49. The van der Waals surface area contributed by atoms with Crippen LogP contribution in [0.3, 0.4) is 0 Å². The van der Waals surface area contributed by atoms with Gasteiger partial charge in [0.2, 0.25) is 0 Å². The van der Waals surface area contributed by atoms with E-state index in [0.29, 0.717) is 33.4 Å². The minimum absolute atomic E-state index is 0.191. The summed E-state index contributed by atoms with van der Waals surface area (Å²) in [4.78, 5) is 14.4. The first-order chi connectivity index (χ1) is 14.4. The van der Waals surface area contributed by atoms with Crippen molar-refractivity contribution in [3.8, 4) is 33.3 Å². The van der Waals surface area contributed by atoms with Crippen LogP contribution in [-0.2, 0) is 6.61 Å². The number of hydrogen-bond acceptors (Lipinski definition) is 7. The number of nitrogens with zero attached hydrogens (tertiary/aromatic N) is 4. The molecule has 0 fully saturated rings. The zero-order valence-corrected chi connectivity index (χ0v) is 19.1. The van der Waals surface area contributed by atoms with E-state index in [9.17, 15) is 10.3 Å². The maximum Gasteiger partial charge on any atom is 0.187 e. The van der Waals surface area contributed by atoms with Crippen molar-refractivity contribution in [1.82, 2.24) is 19.7 Å². The number of thiophene rings is 1. The molecule has 2 N–H and O–H groups in total. The highest BCUT2D eigenvalue weighted by molar-refractivity contribution is 7.98. The molecule has 10 heteroatoms. The fourth-order valence-electron chi connectivity index (χ4n) is 3.08. The Morgan fingerprint density at radius 2 is 1.90 bits per heavy atom. The number of aliphatic hydroxyl groups is 1. The van der Waals surface area contributed by atoms with Crippen molar-refractivity contribution in [2.24, 2.45) is 0 Å². The lowest BCUT2D eigenvalue weighted by Crippen LogP contribution is -2.01. The molecule has 0 radical (unpaired) electrons. The number of aromatic nitrogens is 4. The standard InChI is InChI=1S/C20H16Cl2N4O2S2/c1-10-4-6-30-18(10)16-17(14-3-5-23-20(24-14)29-2)26(28)19(25-16)15-12(21)7-11(9-27)8-13(15)22/h3-8,27-28H,9H2,1-2H3. The minimum Gasteiger partial charge on any atom is -0.426 e. The summed E-state index contributed by atoms with van der Waals surface area (Å²) in [5.74, 6) is 0.191. The smallest absolute Gasteiger partial charge is 0.187 e. The van der Waals surface area contributed by atoms with E-state index < -0.39 is 0 Å². The van der Waals surface area contributed by atoms with Gasteiger partial charge < -0.3 is 10.3 Å². The summed E-state index contributed by atoms with van der Waals surface area (Å²) in [6.07, 6.45) is 3.52. The monoisotopic (exact) mass is 478 g/mol. The molecule has 4 aromatic rings. The van der Waals surface area contributed by atoms with Crippen LogP contribution in [0.5, 0.6) is 0 Å². The number of aliphatic hydroxyl groups excluding tert-OH is 1. The lowest BCUT2D eigenvalue weighted by Gasteiger charge is -2.09. The van der Waals surface area contributed by atoms with Crippen LogP contribution in [0.4, 0.5) is 0 Å². The Balaban J connectivity index is 2.02. The van der Waals surface area contributed by atoms with Crippen LogP contribution in [0, 0.1) is 6.92 Å². The van der Waals surface area contributed by atoms with E-state index in [4.69, 9.17) is 28.2 Å². The van der Waals surface area contributed by atoms with Crippen LogP contribution in [0.15, 0.2) is 41.0 Å². The van der Waals surface area contributed by atoms with Gasteiger partial charge in [0.25, 0.3) is 0 Å². The third kappa shape index (κ3) is 3.70. The van der Waals surface area contributed by atoms with Crippen molar-refractivity contribution >= 4 is 46.3 Å². The van der Waals surface area contributed by atoms with Crippen LogP contribution in [0.1, 0.15) is 11.1 Å². The molecule has 1 aromatic carbocycles. The van der Waals surface area contributed by atoms with Gasteiger partial charge >= 0.3 is 0 Å². The van der Waals surface area contributed by atoms with E-state index in [1.807, 2.05) is 24.6 Å². The molecule has 0 aliphatic rings. The Labute approximate surface area is 191 Å². The summed E-state index contributed by atoms with van der Waals surface area (Å²) in [5, 5.41) is 23.7. The second-order valence-corrected chi connectivity index (χ2v) is 8.90. The van der Waals surface area contributed by atoms with Gasteiger partial charge in [0.1, 0.15) is 11.4 Å². The molecule has 0 atom stereocenters. The molecule has 0 unspecified atom stereocenters. The maximum atomic E-state index is 11.2. The van der Waals surface area contributed by atoms with Gasteiger partial charge in [-0.15, -0.1) is 11.3 Å². The number of rotatable bonds is 5. The first-order valence-corrected chi connectivity index (χ1v) is 11.6. The van der Waals surface area contributed by atoms with Gasteiger partial charge in [-0.2, -0.15) is 4.73 Å². The first kappa shape index (κ1) is 21.1. The zero-order valence-electron chi connectivity index (χ0n) is 15.9. The molecule has 0 saturated carbocycles. The first-order valence-electron chi connectivity index (χ1n) is 8.77. The van der Waals surface area contributed by atoms with Crippen LogP contribution >= 0.6 is 46.3 Å². The second-order valence-electron chi connectivity index (χ2n) is 6.40. The zero-order chi connectivity index (χ0) is 21.4. The van der Waals surface area contributed by atoms with Crippen molar-refractivity contribution in [2.75, 3.05) is 6.26 Å². The minimum atomic E-state index is -0.198. The quantitative estimate of drug-likeness (QED) is 0.214. The van der Waals surface area contributed by atoms with E-state index in [-0.39, 0.29) is 22.5 Å². The number of imidazole rings is 1. The van der Waals surface area contributed by atoms with Gasteiger partial charge in [-0.3, -0.25) is 0 Å². The predicted octanol–water partition coefficient (Wildman–Crippen LogP) is 5.80. The van der Waals surface area contributed by atoms with Crippen LogP contribution in [-0.4, -0.2) is 36.3 Å². The van der Waals surface area contributed by atoms with Crippen LogP contribution in [0.2, 0.25) is 10.0 Å². The van der Waals surface area contributed by atoms with Crippen molar-refractivity contribution in [1.29, 1.82) is 0 Å². The molecule has 0 amide bonds. The van der Waals surface area contributed by atoms with E-state index in [1.165, 1.54) is 23.1 Å². The molecule has 0 aliphatic heterocycles. The number of halogens is 2. The Morgan fingerprint density at radius 1 is 1.17 bits per heavy atom. The van der Waals surface area contributed by atoms with Crippen molar-refractivity contribution in [2.45, 2.75) is 18.7 Å². The highest BCUT2D eigenvalue weighted by atomic mass is 35.5. The molecular formula is C20H16Cl2N4O2S2. The maximum absolute atomic E-state index is 11.2. The van der Waals surface area contributed by atoms with E-state index >= 15 is 0 Å². The van der Waals surface area contributed by atoms with E-state index in [1.54, 1.807) is 24.4 Å². The largest absolute Gasteiger partial charge is 0.426 e. The molecule has 3 heterocycles. The summed E-state index contributed by atoms with van der Waals surface area (Å²) in [6.45, 7) is 1.78. The molecule has 6 nitrogen and oxygen atoms in total. The lowest BCUT2D eigenvalue weighted by atomic mass is 10.1. The normalized spacial score (nSPS) is 11.2. The number of benzene rings is 1. The van der Waals surface area contributed by atoms with Gasteiger partial charge in [-0.1, -0.05) is 35.0 Å². The predicted molar refractivity (Wildman–Crippen MR) is 122 cm³/mol. The van der Waals surface area contributed by atoms with Crippen molar-refractivity contribution < 1.29 is 10.3 Å². The van der Waals surface area contributed by atoms with Gasteiger partial charge in [-0.05, 0) is 54.0 Å². The van der Waals surface area contributed by atoms with E-state index in [0.717, 1.165) is 15.2 Å². The van der Waals surface area contributed by atoms with Gasteiger partial charge in [0.15, 0.2) is 11.0 Å². The molecule has 0 spiro atoms. The molecule has 3 aromatic heterocycles.